The molecule has 3 aromatic rings. The largest absolute Gasteiger partial charge is 0.394 e. The van der Waals surface area contributed by atoms with Crippen LogP contribution < -0.4 is 5.32 Å². The van der Waals surface area contributed by atoms with Crippen LogP contribution in [0.2, 0.25) is 0 Å². The lowest BCUT2D eigenvalue weighted by molar-refractivity contribution is 0.243. The Labute approximate surface area is 124 Å². The van der Waals surface area contributed by atoms with Crippen molar-refractivity contribution in [1.29, 1.82) is 0 Å². The number of rotatable bonds is 5. The minimum Gasteiger partial charge on any atom is -0.394 e. The summed E-state index contributed by atoms with van der Waals surface area (Å²) in [5.74, 6) is 0. The van der Waals surface area contributed by atoms with Crippen molar-refractivity contribution >= 4 is 10.9 Å². The Balaban J connectivity index is 1.73. The molecule has 0 unspecified atom stereocenters. The van der Waals surface area contributed by atoms with Gasteiger partial charge in [0.25, 0.3) is 0 Å². The zero-order valence-corrected chi connectivity index (χ0v) is 11.7. The average molecular weight is 278 g/mol. The van der Waals surface area contributed by atoms with Crippen LogP contribution in [0.25, 0.3) is 10.9 Å². The number of hydrogen-bond donors (Lipinski definition) is 2. The monoisotopic (exact) mass is 278 g/mol. The second-order valence-corrected chi connectivity index (χ2v) is 5.02. The van der Waals surface area contributed by atoms with E-state index in [9.17, 15) is 5.11 Å². The highest BCUT2D eigenvalue weighted by Gasteiger charge is 2.09. The summed E-state index contributed by atoms with van der Waals surface area (Å²) in [5, 5.41) is 14.0. The molecule has 0 aliphatic carbocycles. The first-order valence-corrected chi connectivity index (χ1v) is 7.10. The standard InChI is InChI=1S/C18H18N2O/c21-13-18(14-6-2-1-3-7-14)19-12-16-11-10-15-8-4-5-9-17(15)20-16/h1-11,18-19,21H,12-13H2/t18-/m0/s1. The molecule has 0 radical (unpaired) electrons. The fourth-order valence-electron chi connectivity index (χ4n) is 2.41. The summed E-state index contributed by atoms with van der Waals surface area (Å²) < 4.78 is 0. The van der Waals surface area contributed by atoms with Crippen molar-refractivity contribution in [2.75, 3.05) is 6.61 Å². The quantitative estimate of drug-likeness (QED) is 0.754. The van der Waals surface area contributed by atoms with Gasteiger partial charge < -0.3 is 10.4 Å². The predicted octanol–water partition coefficient (Wildman–Crippen LogP) is 3.06. The molecule has 0 fully saturated rings. The Kier molecular flexibility index (Phi) is 4.24. The molecular formula is C18H18N2O. The Hall–Kier alpha value is -2.23. The van der Waals surface area contributed by atoms with Gasteiger partial charge in [-0.3, -0.25) is 4.98 Å². The first-order valence-electron chi connectivity index (χ1n) is 7.10. The normalized spacial score (nSPS) is 12.4. The first kappa shape index (κ1) is 13.7. The number of aliphatic hydroxyl groups is 1. The molecule has 0 saturated heterocycles. The van der Waals surface area contributed by atoms with E-state index in [0.29, 0.717) is 6.54 Å². The van der Waals surface area contributed by atoms with Crippen molar-refractivity contribution in [3.63, 3.8) is 0 Å². The lowest BCUT2D eigenvalue weighted by Gasteiger charge is -2.16. The molecule has 0 saturated carbocycles. The summed E-state index contributed by atoms with van der Waals surface area (Å²) in [6.07, 6.45) is 0. The summed E-state index contributed by atoms with van der Waals surface area (Å²) >= 11 is 0. The highest BCUT2D eigenvalue weighted by Crippen LogP contribution is 2.14. The minimum absolute atomic E-state index is 0.0671. The second-order valence-electron chi connectivity index (χ2n) is 5.02. The molecular weight excluding hydrogens is 260 g/mol. The molecule has 21 heavy (non-hydrogen) atoms. The Morgan fingerprint density at radius 3 is 2.48 bits per heavy atom. The van der Waals surface area contributed by atoms with Gasteiger partial charge in [0.05, 0.1) is 23.9 Å². The molecule has 0 spiro atoms. The van der Waals surface area contributed by atoms with Gasteiger partial charge in [0.15, 0.2) is 0 Å². The number of aliphatic hydroxyl groups excluding tert-OH is 1. The molecule has 3 rings (SSSR count). The van der Waals surface area contributed by atoms with E-state index in [1.165, 1.54) is 0 Å². The summed E-state index contributed by atoms with van der Waals surface area (Å²) in [4.78, 5) is 4.63. The maximum Gasteiger partial charge on any atom is 0.0705 e. The number of fused-ring (bicyclic) bond motifs is 1. The van der Waals surface area contributed by atoms with Gasteiger partial charge in [-0.05, 0) is 17.7 Å². The fourth-order valence-corrected chi connectivity index (χ4v) is 2.41. The summed E-state index contributed by atoms with van der Waals surface area (Å²) in [7, 11) is 0. The number of hydrogen-bond acceptors (Lipinski definition) is 3. The summed E-state index contributed by atoms with van der Waals surface area (Å²) in [5.41, 5.74) is 3.06. The maximum atomic E-state index is 9.55. The Morgan fingerprint density at radius 1 is 0.905 bits per heavy atom. The van der Waals surface area contributed by atoms with E-state index in [1.54, 1.807) is 0 Å². The van der Waals surface area contributed by atoms with Gasteiger partial charge in [-0.15, -0.1) is 0 Å². The van der Waals surface area contributed by atoms with E-state index in [2.05, 4.69) is 22.4 Å². The molecule has 2 N–H and O–H groups in total. The van der Waals surface area contributed by atoms with E-state index >= 15 is 0 Å². The number of para-hydroxylation sites is 1. The van der Waals surface area contributed by atoms with Crippen molar-refractivity contribution < 1.29 is 5.11 Å². The van der Waals surface area contributed by atoms with Crippen molar-refractivity contribution in [1.82, 2.24) is 10.3 Å². The van der Waals surface area contributed by atoms with E-state index in [0.717, 1.165) is 22.2 Å². The van der Waals surface area contributed by atoms with Crippen LogP contribution in [0.4, 0.5) is 0 Å². The number of nitrogens with zero attached hydrogens (tertiary/aromatic N) is 1. The van der Waals surface area contributed by atoms with Gasteiger partial charge >= 0.3 is 0 Å². The number of nitrogens with one attached hydrogen (secondary N) is 1. The van der Waals surface area contributed by atoms with Crippen LogP contribution in [0.5, 0.6) is 0 Å². The minimum atomic E-state index is -0.0699. The highest BCUT2D eigenvalue weighted by atomic mass is 16.3. The molecule has 0 aliphatic rings. The van der Waals surface area contributed by atoms with Crippen LogP contribution in [-0.2, 0) is 6.54 Å². The topological polar surface area (TPSA) is 45.1 Å². The second kappa shape index (κ2) is 6.48. The molecule has 1 heterocycles. The van der Waals surface area contributed by atoms with Crippen LogP contribution in [0.15, 0.2) is 66.7 Å². The predicted molar refractivity (Wildman–Crippen MR) is 84.9 cm³/mol. The first-order chi connectivity index (χ1) is 10.4. The van der Waals surface area contributed by atoms with Crippen LogP contribution >= 0.6 is 0 Å². The lowest BCUT2D eigenvalue weighted by Crippen LogP contribution is -2.24. The van der Waals surface area contributed by atoms with Crippen LogP contribution in [0, 0.1) is 0 Å². The Bertz CT molecular complexity index is 712. The third-order valence-corrected chi connectivity index (χ3v) is 3.57. The molecule has 0 bridgehead atoms. The average Bonchev–Trinajstić information content (AvgIpc) is 2.56. The van der Waals surface area contributed by atoms with Crippen LogP contribution in [0.1, 0.15) is 17.3 Å². The van der Waals surface area contributed by atoms with Crippen molar-refractivity contribution in [2.24, 2.45) is 0 Å². The molecule has 106 valence electrons. The molecule has 3 nitrogen and oxygen atoms in total. The SMILES string of the molecule is OC[C@H](NCc1ccc2ccccc2n1)c1ccccc1. The van der Waals surface area contributed by atoms with Crippen LogP contribution in [0.3, 0.4) is 0 Å². The van der Waals surface area contributed by atoms with Gasteiger partial charge in [-0.1, -0.05) is 54.6 Å². The van der Waals surface area contributed by atoms with E-state index in [4.69, 9.17) is 0 Å². The third-order valence-electron chi connectivity index (χ3n) is 3.57. The zero-order chi connectivity index (χ0) is 14.5. The number of pyridine rings is 1. The van der Waals surface area contributed by atoms with E-state index in [1.807, 2.05) is 54.6 Å². The summed E-state index contributed by atoms with van der Waals surface area (Å²) in [6, 6.07) is 22.1. The smallest absolute Gasteiger partial charge is 0.0705 e. The van der Waals surface area contributed by atoms with Crippen molar-refractivity contribution in [2.45, 2.75) is 12.6 Å². The molecule has 3 heteroatoms. The van der Waals surface area contributed by atoms with Crippen LogP contribution in [-0.4, -0.2) is 16.7 Å². The lowest BCUT2D eigenvalue weighted by atomic mass is 10.1. The van der Waals surface area contributed by atoms with Gasteiger partial charge in [0, 0.05) is 11.9 Å². The highest BCUT2D eigenvalue weighted by molar-refractivity contribution is 5.78. The zero-order valence-electron chi connectivity index (χ0n) is 11.7. The van der Waals surface area contributed by atoms with E-state index < -0.39 is 0 Å². The molecule has 0 amide bonds. The summed E-state index contributed by atoms with van der Waals surface area (Å²) in [6.45, 7) is 0.697. The number of aromatic nitrogens is 1. The van der Waals surface area contributed by atoms with Gasteiger partial charge in [-0.2, -0.15) is 0 Å². The molecule has 0 aliphatic heterocycles. The number of benzene rings is 2. The molecule has 2 aromatic carbocycles. The molecule has 1 aromatic heterocycles. The van der Waals surface area contributed by atoms with E-state index in [-0.39, 0.29) is 12.6 Å². The fraction of sp³-hybridized carbons (Fsp3) is 0.167. The van der Waals surface area contributed by atoms with Gasteiger partial charge in [-0.25, -0.2) is 0 Å². The maximum absolute atomic E-state index is 9.55. The van der Waals surface area contributed by atoms with Gasteiger partial charge in [0.2, 0.25) is 0 Å². The van der Waals surface area contributed by atoms with Crippen molar-refractivity contribution in [3.8, 4) is 0 Å². The van der Waals surface area contributed by atoms with Crippen molar-refractivity contribution in [3.05, 3.63) is 78.0 Å². The molecule has 1 atom stereocenters. The van der Waals surface area contributed by atoms with Gasteiger partial charge in [0.1, 0.15) is 0 Å². The Morgan fingerprint density at radius 2 is 1.67 bits per heavy atom. The third kappa shape index (κ3) is 3.27.